The van der Waals surface area contributed by atoms with Gasteiger partial charge in [0.05, 0.1) is 24.1 Å². The van der Waals surface area contributed by atoms with Crippen molar-refractivity contribution in [3.63, 3.8) is 0 Å². The van der Waals surface area contributed by atoms with Crippen LogP contribution in [-0.2, 0) is 16.1 Å². The molecule has 0 aliphatic heterocycles. The Labute approximate surface area is 197 Å². The third-order valence-corrected chi connectivity index (χ3v) is 6.74. The average Bonchev–Trinajstić information content (AvgIpc) is 3.20. The first kappa shape index (κ1) is 22.7. The first-order chi connectivity index (χ1) is 15.4. The number of aromatic nitrogens is 1. The van der Waals surface area contributed by atoms with Crippen LogP contribution in [0.3, 0.4) is 0 Å². The molecule has 0 radical (unpaired) electrons. The number of rotatable bonds is 6. The molecule has 5 nitrogen and oxygen atoms in total. The number of nitrogens with zero attached hydrogens (tertiary/aromatic N) is 1. The van der Waals surface area contributed by atoms with Crippen LogP contribution >= 0.6 is 23.2 Å². The molecule has 0 saturated heterocycles. The molecule has 1 amide bonds. The van der Waals surface area contributed by atoms with Crippen LogP contribution in [0, 0.1) is 11.8 Å². The molecule has 0 bridgehead atoms. The quantitative estimate of drug-likeness (QED) is 0.467. The van der Waals surface area contributed by atoms with Gasteiger partial charge in [0.15, 0.2) is 0 Å². The molecule has 1 N–H and O–H groups in total. The minimum absolute atomic E-state index is 0.0179. The number of methoxy groups -OCH3 is 1. The molecule has 1 saturated carbocycles. The van der Waals surface area contributed by atoms with E-state index in [0.717, 1.165) is 42.1 Å². The summed E-state index contributed by atoms with van der Waals surface area (Å²) in [5, 5.41) is 5.24. The second kappa shape index (κ2) is 9.97. The van der Waals surface area contributed by atoms with Crippen LogP contribution in [0.1, 0.15) is 41.6 Å². The molecular weight excluding hydrogens is 447 g/mol. The van der Waals surface area contributed by atoms with Gasteiger partial charge >= 0.3 is 5.97 Å². The largest absolute Gasteiger partial charge is 0.469 e. The molecule has 1 aromatic heterocycles. The van der Waals surface area contributed by atoms with E-state index in [1.165, 1.54) is 7.11 Å². The molecule has 4 rings (SSSR count). The Kier molecular flexibility index (Phi) is 7.07. The minimum atomic E-state index is -0.136. The molecule has 0 unspecified atom stereocenters. The number of carbonyl (C=O) groups is 2. The number of halogens is 2. The van der Waals surface area contributed by atoms with E-state index >= 15 is 0 Å². The first-order valence-electron chi connectivity index (χ1n) is 10.8. The molecule has 1 heterocycles. The Balaban J connectivity index is 1.48. The van der Waals surface area contributed by atoms with E-state index in [1.54, 1.807) is 6.07 Å². The second-order valence-electron chi connectivity index (χ2n) is 8.41. The van der Waals surface area contributed by atoms with Gasteiger partial charge < -0.3 is 14.6 Å². The zero-order valence-electron chi connectivity index (χ0n) is 17.9. The topological polar surface area (TPSA) is 60.3 Å². The van der Waals surface area contributed by atoms with E-state index in [4.69, 9.17) is 27.9 Å². The van der Waals surface area contributed by atoms with Gasteiger partial charge in [-0.15, -0.1) is 0 Å². The maximum atomic E-state index is 13.1. The standard InChI is InChI=1S/C25H26Cl2N2O3/c1-32-25(31)18-6-2-16(3-7-18)14-28-24(30)22-13-21(27)12-19-10-11-29(23(19)22)15-17-4-8-20(26)9-5-17/h4-5,8-13,16,18H,2-3,6-7,14-15H2,1H3,(H,28,30)/t16-,18-. The lowest BCUT2D eigenvalue weighted by atomic mass is 9.82. The number of esters is 1. The predicted octanol–water partition coefficient (Wildman–Crippen LogP) is 5.71. The number of carbonyl (C=O) groups excluding carboxylic acids is 2. The highest BCUT2D eigenvalue weighted by molar-refractivity contribution is 6.32. The van der Waals surface area contributed by atoms with E-state index in [1.807, 2.05) is 42.6 Å². The molecular formula is C25H26Cl2N2O3. The van der Waals surface area contributed by atoms with Crippen molar-refractivity contribution in [2.75, 3.05) is 13.7 Å². The fourth-order valence-corrected chi connectivity index (χ4v) is 4.86. The molecule has 0 spiro atoms. The zero-order valence-corrected chi connectivity index (χ0v) is 19.5. The lowest BCUT2D eigenvalue weighted by Gasteiger charge is -2.27. The summed E-state index contributed by atoms with van der Waals surface area (Å²) in [6.45, 7) is 1.21. The molecule has 3 aromatic rings. The van der Waals surface area contributed by atoms with Crippen LogP contribution in [-0.4, -0.2) is 30.1 Å². The van der Waals surface area contributed by atoms with E-state index < -0.39 is 0 Å². The monoisotopic (exact) mass is 472 g/mol. The Hall–Kier alpha value is -2.50. The number of amides is 1. The summed E-state index contributed by atoms with van der Waals surface area (Å²) < 4.78 is 6.92. The molecule has 168 valence electrons. The lowest BCUT2D eigenvalue weighted by molar-refractivity contribution is -0.146. The summed E-state index contributed by atoms with van der Waals surface area (Å²) in [6.07, 6.45) is 5.38. The smallest absolute Gasteiger partial charge is 0.308 e. The summed E-state index contributed by atoms with van der Waals surface area (Å²) in [6, 6.07) is 13.3. The van der Waals surface area contributed by atoms with Crippen LogP contribution in [0.25, 0.3) is 10.9 Å². The number of benzene rings is 2. The minimum Gasteiger partial charge on any atom is -0.469 e. The average molecular weight is 473 g/mol. The normalized spacial score (nSPS) is 18.5. The van der Waals surface area contributed by atoms with Gasteiger partial charge in [-0.2, -0.15) is 0 Å². The number of nitrogens with one attached hydrogen (secondary N) is 1. The van der Waals surface area contributed by atoms with E-state index in [-0.39, 0.29) is 17.8 Å². The van der Waals surface area contributed by atoms with Crippen LogP contribution < -0.4 is 5.32 Å². The molecule has 0 atom stereocenters. The van der Waals surface area contributed by atoms with Gasteiger partial charge in [-0.3, -0.25) is 9.59 Å². The van der Waals surface area contributed by atoms with Gasteiger partial charge in [0.25, 0.3) is 5.91 Å². The van der Waals surface area contributed by atoms with Crippen molar-refractivity contribution in [1.29, 1.82) is 0 Å². The van der Waals surface area contributed by atoms with Crippen molar-refractivity contribution in [3.8, 4) is 0 Å². The van der Waals surface area contributed by atoms with Crippen LogP contribution in [0.5, 0.6) is 0 Å². The zero-order chi connectivity index (χ0) is 22.7. The van der Waals surface area contributed by atoms with Gasteiger partial charge in [0.2, 0.25) is 0 Å². The van der Waals surface area contributed by atoms with Crippen molar-refractivity contribution in [1.82, 2.24) is 9.88 Å². The van der Waals surface area contributed by atoms with Gasteiger partial charge in [-0.1, -0.05) is 35.3 Å². The number of fused-ring (bicyclic) bond motifs is 1. The molecule has 1 aliphatic carbocycles. The summed E-state index contributed by atoms with van der Waals surface area (Å²) in [7, 11) is 1.43. The van der Waals surface area contributed by atoms with Gasteiger partial charge in [0, 0.05) is 34.7 Å². The van der Waals surface area contributed by atoms with Gasteiger partial charge in [-0.05, 0) is 67.5 Å². The summed E-state index contributed by atoms with van der Waals surface area (Å²) >= 11 is 12.3. The molecule has 1 fully saturated rings. The fourth-order valence-electron chi connectivity index (χ4n) is 4.51. The third kappa shape index (κ3) is 5.11. The Morgan fingerprint density at radius 2 is 1.75 bits per heavy atom. The Morgan fingerprint density at radius 3 is 2.44 bits per heavy atom. The van der Waals surface area contributed by atoms with Crippen molar-refractivity contribution in [3.05, 3.63) is 69.8 Å². The number of hydrogen-bond donors (Lipinski definition) is 1. The summed E-state index contributed by atoms with van der Waals surface area (Å²) in [5.74, 6) is 0.0740. The van der Waals surface area contributed by atoms with E-state index in [9.17, 15) is 9.59 Å². The van der Waals surface area contributed by atoms with Crippen molar-refractivity contribution >= 4 is 46.0 Å². The molecule has 1 aliphatic rings. The number of ether oxygens (including phenoxy) is 1. The van der Waals surface area contributed by atoms with Gasteiger partial charge in [0.1, 0.15) is 0 Å². The first-order valence-corrected chi connectivity index (χ1v) is 11.6. The number of hydrogen-bond acceptors (Lipinski definition) is 3. The third-order valence-electron chi connectivity index (χ3n) is 6.27. The molecule has 7 heteroatoms. The van der Waals surface area contributed by atoms with Crippen molar-refractivity contribution in [2.45, 2.75) is 32.2 Å². The summed E-state index contributed by atoms with van der Waals surface area (Å²) in [5.41, 5.74) is 2.52. The lowest BCUT2D eigenvalue weighted by Crippen LogP contribution is -2.33. The molecule has 2 aromatic carbocycles. The van der Waals surface area contributed by atoms with E-state index in [0.29, 0.717) is 34.6 Å². The van der Waals surface area contributed by atoms with E-state index in [2.05, 4.69) is 9.88 Å². The SMILES string of the molecule is COC(=O)[C@H]1CC[C@H](CNC(=O)c2cc(Cl)cc3ccn(Cc4ccc(Cl)cc4)c23)CC1. The fraction of sp³-hybridized carbons (Fsp3) is 0.360. The Bertz CT molecular complexity index is 1120. The highest BCUT2D eigenvalue weighted by Gasteiger charge is 2.27. The van der Waals surface area contributed by atoms with Crippen molar-refractivity contribution < 1.29 is 14.3 Å². The van der Waals surface area contributed by atoms with Crippen molar-refractivity contribution in [2.24, 2.45) is 11.8 Å². The Morgan fingerprint density at radius 1 is 1.03 bits per heavy atom. The van der Waals surface area contributed by atoms with Gasteiger partial charge in [-0.25, -0.2) is 0 Å². The van der Waals surface area contributed by atoms with Crippen LogP contribution in [0.2, 0.25) is 10.0 Å². The second-order valence-corrected chi connectivity index (χ2v) is 9.28. The highest BCUT2D eigenvalue weighted by atomic mass is 35.5. The highest BCUT2D eigenvalue weighted by Crippen LogP contribution is 2.30. The molecule has 32 heavy (non-hydrogen) atoms. The summed E-state index contributed by atoms with van der Waals surface area (Å²) in [4.78, 5) is 24.9. The predicted molar refractivity (Wildman–Crippen MR) is 127 cm³/mol. The maximum Gasteiger partial charge on any atom is 0.308 e. The maximum absolute atomic E-state index is 13.1. The van der Waals surface area contributed by atoms with Crippen LogP contribution in [0.15, 0.2) is 48.7 Å². The van der Waals surface area contributed by atoms with Crippen LogP contribution in [0.4, 0.5) is 0 Å².